The Labute approximate surface area is 140 Å². The monoisotopic (exact) mass is 326 g/mol. The maximum Gasteiger partial charge on any atom is 0.191 e. The number of nitrogens with one attached hydrogen (secondary N) is 2. The summed E-state index contributed by atoms with van der Waals surface area (Å²) in [5, 5.41) is 7.96. The molecule has 0 aromatic rings. The SMILES string of the molecule is CN=C(NCC(C)N1CCCC(C)C1)NC1CCC(SC)C1. The third-order valence-corrected chi connectivity index (χ3v) is 6.25. The van der Waals surface area contributed by atoms with Crippen molar-refractivity contribution in [3.8, 4) is 0 Å². The fourth-order valence-electron chi connectivity index (χ4n) is 3.67. The number of hydrogen-bond donors (Lipinski definition) is 2. The van der Waals surface area contributed by atoms with Gasteiger partial charge in [-0.1, -0.05) is 6.92 Å². The fourth-order valence-corrected chi connectivity index (χ4v) is 4.47. The highest BCUT2D eigenvalue weighted by molar-refractivity contribution is 7.99. The van der Waals surface area contributed by atoms with Gasteiger partial charge in [-0.2, -0.15) is 11.8 Å². The minimum Gasteiger partial charge on any atom is -0.355 e. The van der Waals surface area contributed by atoms with E-state index in [0.717, 1.165) is 23.7 Å². The van der Waals surface area contributed by atoms with E-state index < -0.39 is 0 Å². The molecule has 1 saturated carbocycles. The second-order valence-corrected chi connectivity index (χ2v) is 8.19. The van der Waals surface area contributed by atoms with E-state index in [1.807, 2.05) is 18.8 Å². The van der Waals surface area contributed by atoms with Crippen molar-refractivity contribution in [3.63, 3.8) is 0 Å². The molecule has 1 heterocycles. The van der Waals surface area contributed by atoms with Crippen molar-refractivity contribution >= 4 is 17.7 Å². The first-order valence-electron chi connectivity index (χ1n) is 8.86. The summed E-state index contributed by atoms with van der Waals surface area (Å²) in [4.78, 5) is 7.02. The molecule has 4 atom stereocenters. The lowest BCUT2D eigenvalue weighted by atomic mass is 9.99. The zero-order valence-corrected chi connectivity index (χ0v) is 15.6. The highest BCUT2D eigenvalue weighted by Crippen LogP contribution is 2.28. The van der Waals surface area contributed by atoms with Crippen LogP contribution in [-0.4, -0.2) is 61.1 Å². The van der Waals surface area contributed by atoms with Gasteiger partial charge in [-0.3, -0.25) is 9.89 Å². The van der Waals surface area contributed by atoms with Gasteiger partial charge in [0.15, 0.2) is 5.96 Å². The van der Waals surface area contributed by atoms with E-state index in [1.54, 1.807) is 0 Å². The molecule has 128 valence electrons. The number of nitrogens with zero attached hydrogens (tertiary/aromatic N) is 2. The number of guanidine groups is 1. The molecule has 4 nitrogen and oxygen atoms in total. The highest BCUT2D eigenvalue weighted by Gasteiger charge is 2.25. The predicted octanol–water partition coefficient (Wildman–Crippen LogP) is 2.56. The van der Waals surface area contributed by atoms with Crippen molar-refractivity contribution < 1.29 is 0 Å². The van der Waals surface area contributed by atoms with Crippen molar-refractivity contribution in [1.29, 1.82) is 0 Å². The van der Waals surface area contributed by atoms with E-state index in [4.69, 9.17) is 0 Å². The Hall–Kier alpha value is -0.420. The van der Waals surface area contributed by atoms with Gasteiger partial charge in [0.1, 0.15) is 0 Å². The third-order valence-electron chi connectivity index (χ3n) is 5.16. The molecule has 0 aromatic heterocycles. The molecule has 0 bridgehead atoms. The molecule has 22 heavy (non-hydrogen) atoms. The van der Waals surface area contributed by atoms with Gasteiger partial charge in [-0.25, -0.2) is 0 Å². The average Bonchev–Trinajstić information content (AvgIpc) is 2.98. The summed E-state index contributed by atoms with van der Waals surface area (Å²) in [5.41, 5.74) is 0. The lowest BCUT2D eigenvalue weighted by Gasteiger charge is -2.35. The van der Waals surface area contributed by atoms with Gasteiger partial charge in [0, 0.05) is 37.5 Å². The summed E-state index contributed by atoms with van der Waals surface area (Å²) in [6.45, 7) is 8.17. The van der Waals surface area contributed by atoms with Crippen LogP contribution < -0.4 is 10.6 Å². The molecule has 4 unspecified atom stereocenters. The van der Waals surface area contributed by atoms with Gasteiger partial charge in [0.25, 0.3) is 0 Å². The Morgan fingerprint density at radius 2 is 2.18 bits per heavy atom. The van der Waals surface area contributed by atoms with Gasteiger partial charge in [-0.15, -0.1) is 0 Å². The normalized spacial score (nSPS) is 32.0. The van der Waals surface area contributed by atoms with Crippen molar-refractivity contribution in [1.82, 2.24) is 15.5 Å². The quantitative estimate of drug-likeness (QED) is 0.602. The molecule has 0 radical (unpaired) electrons. The molecule has 2 fully saturated rings. The second-order valence-electron chi connectivity index (χ2n) is 7.06. The predicted molar refractivity (Wildman–Crippen MR) is 98.9 cm³/mol. The third kappa shape index (κ3) is 5.34. The Balaban J connectivity index is 1.71. The summed E-state index contributed by atoms with van der Waals surface area (Å²) >= 11 is 2.00. The van der Waals surface area contributed by atoms with Gasteiger partial charge >= 0.3 is 0 Å². The molecule has 1 aliphatic heterocycles. The Morgan fingerprint density at radius 3 is 2.82 bits per heavy atom. The summed E-state index contributed by atoms with van der Waals surface area (Å²) in [7, 11) is 1.88. The summed E-state index contributed by atoms with van der Waals surface area (Å²) < 4.78 is 0. The lowest BCUT2D eigenvalue weighted by Crippen LogP contribution is -2.50. The standard InChI is InChI=1S/C17H34N4S/c1-13-6-5-9-21(12-13)14(2)11-19-17(18-3)20-15-7-8-16(10-15)22-4/h13-16H,5-12H2,1-4H3,(H2,18,19,20). The van der Waals surface area contributed by atoms with Crippen LogP contribution in [-0.2, 0) is 0 Å². The number of aliphatic imine (C=N–C) groups is 1. The highest BCUT2D eigenvalue weighted by atomic mass is 32.2. The van der Waals surface area contributed by atoms with Gasteiger partial charge < -0.3 is 10.6 Å². The van der Waals surface area contributed by atoms with E-state index >= 15 is 0 Å². The van der Waals surface area contributed by atoms with Crippen LogP contribution in [0.2, 0.25) is 0 Å². The minimum absolute atomic E-state index is 0.573. The number of piperidine rings is 1. The molecule has 2 N–H and O–H groups in total. The average molecular weight is 327 g/mol. The summed E-state index contributed by atoms with van der Waals surface area (Å²) in [6, 6.07) is 1.16. The Bertz CT molecular complexity index is 361. The van der Waals surface area contributed by atoms with Crippen molar-refractivity contribution in [2.75, 3.05) is 32.9 Å². The summed E-state index contributed by atoms with van der Waals surface area (Å²) in [6.07, 6.45) is 8.82. The number of likely N-dealkylation sites (tertiary alicyclic amines) is 1. The first-order valence-corrected chi connectivity index (χ1v) is 10.1. The largest absolute Gasteiger partial charge is 0.355 e. The zero-order chi connectivity index (χ0) is 15.9. The first kappa shape index (κ1) is 17.9. The molecule has 0 spiro atoms. The fraction of sp³-hybridized carbons (Fsp3) is 0.941. The van der Waals surface area contributed by atoms with Crippen molar-refractivity contribution in [2.45, 2.75) is 63.3 Å². The van der Waals surface area contributed by atoms with Gasteiger partial charge in [-0.05, 0) is 57.7 Å². The van der Waals surface area contributed by atoms with Crippen LogP contribution in [0.4, 0.5) is 0 Å². The molecule has 1 saturated heterocycles. The second kappa shape index (κ2) is 9.02. The number of rotatable bonds is 5. The lowest BCUT2D eigenvalue weighted by molar-refractivity contribution is 0.139. The Morgan fingerprint density at radius 1 is 1.36 bits per heavy atom. The van der Waals surface area contributed by atoms with Crippen LogP contribution in [0, 0.1) is 5.92 Å². The van der Waals surface area contributed by atoms with Crippen LogP contribution in [0.25, 0.3) is 0 Å². The number of thioether (sulfide) groups is 1. The van der Waals surface area contributed by atoms with Crippen LogP contribution in [0.1, 0.15) is 46.0 Å². The van der Waals surface area contributed by atoms with Gasteiger partial charge in [0.05, 0.1) is 0 Å². The maximum absolute atomic E-state index is 4.40. The van der Waals surface area contributed by atoms with Crippen LogP contribution in [0.15, 0.2) is 4.99 Å². The first-order chi connectivity index (χ1) is 10.6. The molecule has 1 aliphatic carbocycles. The smallest absolute Gasteiger partial charge is 0.191 e. The maximum atomic E-state index is 4.40. The van der Waals surface area contributed by atoms with Crippen LogP contribution in [0.3, 0.4) is 0 Å². The van der Waals surface area contributed by atoms with Crippen LogP contribution >= 0.6 is 11.8 Å². The van der Waals surface area contributed by atoms with Crippen LogP contribution in [0.5, 0.6) is 0 Å². The molecular formula is C17H34N4S. The molecule has 5 heteroatoms. The van der Waals surface area contributed by atoms with E-state index in [2.05, 4.69) is 40.6 Å². The van der Waals surface area contributed by atoms with E-state index in [-0.39, 0.29) is 0 Å². The minimum atomic E-state index is 0.573. The number of hydrogen-bond acceptors (Lipinski definition) is 3. The van der Waals surface area contributed by atoms with E-state index in [1.165, 1.54) is 45.2 Å². The van der Waals surface area contributed by atoms with E-state index in [9.17, 15) is 0 Å². The Kier molecular flexibility index (Phi) is 7.35. The molecule has 0 amide bonds. The molecule has 2 rings (SSSR count). The summed E-state index contributed by atoms with van der Waals surface area (Å²) in [5.74, 6) is 1.82. The molecule has 0 aromatic carbocycles. The molecule has 2 aliphatic rings. The topological polar surface area (TPSA) is 39.7 Å². The van der Waals surface area contributed by atoms with E-state index in [0.29, 0.717) is 12.1 Å². The molecular weight excluding hydrogens is 292 g/mol. The van der Waals surface area contributed by atoms with Crippen molar-refractivity contribution in [3.05, 3.63) is 0 Å². The van der Waals surface area contributed by atoms with Gasteiger partial charge in [0.2, 0.25) is 0 Å². The van der Waals surface area contributed by atoms with Crippen molar-refractivity contribution in [2.24, 2.45) is 10.9 Å². The zero-order valence-electron chi connectivity index (χ0n) is 14.8.